The second-order valence-corrected chi connectivity index (χ2v) is 10.3. The lowest BCUT2D eigenvalue weighted by atomic mass is 9.88. The standard InChI is InChI=1S/C31H32N8O2/c1-4-25(40)26-27(21-12-16-38(17-13-21)31(41)28-33-14-15-34-28)37(3)30-23(19-36-39(30)29(26)32-2)22-10-11-24(35-18-22)20-8-6-5-7-9-20/h5-11,14-15,18-19,21H,4,12-13,16-17H2,1-3H3,(H,33,34,41)/p+1. The zero-order chi connectivity index (χ0) is 28.5. The van der Waals surface area contributed by atoms with Crippen LogP contribution in [0, 0.1) is 0 Å². The van der Waals surface area contributed by atoms with Gasteiger partial charge in [0.15, 0.2) is 11.6 Å². The molecule has 1 aromatic carbocycles. The summed E-state index contributed by atoms with van der Waals surface area (Å²) in [4.78, 5) is 39.9. The number of likely N-dealkylation sites (tertiary alicyclic amines) is 1. The Balaban J connectivity index is 1.42. The van der Waals surface area contributed by atoms with E-state index in [9.17, 15) is 9.59 Å². The maximum Gasteiger partial charge on any atom is 0.318 e. The fourth-order valence-corrected chi connectivity index (χ4v) is 5.92. The van der Waals surface area contributed by atoms with Crippen molar-refractivity contribution in [1.82, 2.24) is 29.5 Å². The van der Waals surface area contributed by atoms with Crippen LogP contribution in [-0.4, -0.2) is 61.3 Å². The van der Waals surface area contributed by atoms with Crippen LogP contribution in [0.5, 0.6) is 0 Å². The van der Waals surface area contributed by atoms with Crippen molar-refractivity contribution in [3.8, 4) is 22.4 Å². The first kappa shape index (κ1) is 26.4. The van der Waals surface area contributed by atoms with E-state index in [1.54, 1.807) is 12.4 Å². The smallest absolute Gasteiger partial charge is 0.318 e. The first-order valence-electron chi connectivity index (χ1n) is 14.0. The molecule has 1 amide bonds. The summed E-state index contributed by atoms with van der Waals surface area (Å²) < 4.78 is 3.94. The molecule has 1 fully saturated rings. The number of Topliss-reactive ketones (excluding diaryl/α,β-unsaturated/α-hetero) is 1. The number of amides is 1. The van der Waals surface area contributed by atoms with Crippen LogP contribution < -0.4 is 9.88 Å². The van der Waals surface area contributed by atoms with Crippen molar-refractivity contribution in [3.05, 3.63) is 84.3 Å². The van der Waals surface area contributed by atoms with Gasteiger partial charge in [0.05, 0.1) is 24.5 Å². The number of rotatable bonds is 7. The summed E-state index contributed by atoms with van der Waals surface area (Å²) in [6.45, 7) is 3.05. The molecule has 0 spiro atoms. The normalized spacial score (nSPS) is 14.0. The number of hydrogen-bond donors (Lipinski definition) is 2. The van der Waals surface area contributed by atoms with Crippen molar-refractivity contribution >= 4 is 23.2 Å². The van der Waals surface area contributed by atoms with Crippen molar-refractivity contribution in [2.24, 2.45) is 7.05 Å². The molecule has 0 aliphatic carbocycles. The van der Waals surface area contributed by atoms with Crippen molar-refractivity contribution in [1.29, 1.82) is 0 Å². The number of anilines is 1. The van der Waals surface area contributed by atoms with Crippen LogP contribution in [-0.2, 0) is 7.05 Å². The number of H-pyrrole nitrogens is 1. The van der Waals surface area contributed by atoms with Gasteiger partial charge in [0.2, 0.25) is 5.82 Å². The molecule has 10 heteroatoms. The number of nitrogens with zero attached hydrogens (tertiary/aromatic N) is 6. The van der Waals surface area contributed by atoms with Crippen molar-refractivity contribution in [2.45, 2.75) is 32.1 Å². The van der Waals surface area contributed by atoms with Gasteiger partial charge in [-0.05, 0) is 18.9 Å². The molecule has 0 unspecified atom stereocenters. The summed E-state index contributed by atoms with van der Waals surface area (Å²) in [5, 5.41) is 8.00. The highest BCUT2D eigenvalue weighted by Crippen LogP contribution is 2.35. The third-order valence-corrected chi connectivity index (χ3v) is 7.98. The zero-order valence-electron chi connectivity index (χ0n) is 23.5. The average Bonchev–Trinajstić information content (AvgIpc) is 3.72. The van der Waals surface area contributed by atoms with Gasteiger partial charge in [-0.1, -0.05) is 52.9 Å². The van der Waals surface area contributed by atoms with E-state index in [0.29, 0.717) is 36.7 Å². The number of aryl methyl sites for hydroxylation is 1. The molecule has 1 aliphatic heterocycles. The van der Waals surface area contributed by atoms with Crippen molar-refractivity contribution < 1.29 is 14.2 Å². The molecule has 0 atom stereocenters. The van der Waals surface area contributed by atoms with Crippen LogP contribution in [0.2, 0.25) is 0 Å². The molecule has 6 rings (SSSR count). The molecule has 0 radical (unpaired) electrons. The Morgan fingerprint density at radius 1 is 1.05 bits per heavy atom. The van der Waals surface area contributed by atoms with E-state index in [-0.39, 0.29) is 17.6 Å². The number of ketones is 1. The molecule has 10 nitrogen and oxygen atoms in total. The lowest BCUT2D eigenvalue weighted by Gasteiger charge is -2.32. The molecule has 41 heavy (non-hydrogen) atoms. The molecular formula is C31H33N8O2+. The number of carbonyl (C=O) groups excluding carboxylic acids is 2. The number of hydrogen-bond acceptors (Lipinski definition) is 6. The maximum atomic E-state index is 13.4. The lowest BCUT2D eigenvalue weighted by molar-refractivity contribution is -0.657. The average molecular weight is 550 g/mol. The summed E-state index contributed by atoms with van der Waals surface area (Å²) in [6.07, 6.45) is 8.81. The van der Waals surface area contributed by atoms with Crippen LogP contribution in [0.4, 0.5) is 5.82 Å². The van der Waals surface area contributed by atoms with E-state index in [1.165, 1.54) is 0 Å². The van der Waals surface area contributed by atoms with Crippen LogP contribution in [0.15, 0.2) is 67.3 Å². The van der Waals surface area contributed by atoms with Gasteiger partial charge in [-0.3, -0.25) is 14.6 Å². The predicted octanol–water partition coefficient (Wildman–Crippen LogP) is 4.27. The molecule has 0 bridgehead atoms. The topological polar surface area (TPSA) is 112 Å². The fraction of sp³-hybridized carbons (Fsp3) is 0.290. The van der Waals surface area contributed by atoms with Crippen LogP contribution in [0.3, 0.4) is 0 Å². The van der Waals surface area contributed by atoms with E-state index in [4.69, 9.17) is 10.1 Å². The molecule has 2 N–H and O–H groups in total. The van der Waals surface area contributed by atoms with E-state index in [1.807, 2.05) is 79.2 Å². The number of nitrogens with one attached hydrogen (secondary N) is 2. The monoisotopic (exact) mass is 549 g/mol. The molecule has 4 aromatic heterocycles. The zero-order valence-corrected chi connectivity index (χ0v) is 23.5. The third-order valence-electron chi connectivity index (χ3n) is 7.98. The summed E-state index contributed by atoms with van der Waals surface area (Å²) in [7, 11) is 3.83. The van der Waals surface area contributed by atoms with Gasteiger partial charge in [-0.2, -0.15) is 0 Å². The number of piperidine rings is 1. The summed E-state index contributed by atoms with van der Waals surface area (Å²) in [6, 6.07) is 14.2. The van der Waals surface area contributed by atoms with Crippen LogP contribution >= 0.6 is 0 Å². The number of carbonyl (C=O) groups is 2. The minimum atomic E-state index is -0.0985. The highest BCUT2D eigenvalue weighted by molar-refractivity contribution is 6.01. The highest BCUT2D eigenvalue weighted by Gasteiger charge is 2.37. The Bertz CT molecular complexity index is 1700. The summed E-state index contributed by atoms with van der Waals surface area (Å²) in [5.74, 6) is 1.07. The summed E-state index contributed by atoms with van der Waals surface area (Å²) in [5.41, 5.74) is 6.33. The molecule has 208 valence electrons. The highest BCUT2D eigenvalue weighted by atomic mass is 16.2. The largest absolute Gasteiger partial charge is 0.353 e. The number of aromatic nitrogens is 6. The van der Waals surface area contributed by atoms with Gasteiger partial charge in [0.25, 0.3) is 5.91 Å². The number of imidazole rings is 1. The van der Waals surface area contributed by atoms with Crippen LogP contribution in [0.1, 0.15) is 58.8 Å². The second-order valence-electron chi connectivity index (χ2n) is 10.3. The Hall–Kier alpha value is -4.86. The van der Waals surface area contributed by atoms with Gasteiger partial charge in [-0.15, -0.1) is 0 Å². The van der Waals surface area contributed by atoms with Crippen molar-refractivity contribution in [2.75, 3.05) is 25.5 Å². The number of aromatic amines is 1. The molecular weight excluding hydrogens is 516 g/mol. The Morgan fingerprint density at radius 3 is 2.46 bits per heavy atom. The van der Waals surface area contributed by atoms with E-state index >= 15 is 0 Å². The van der Waals surface area contributed by atoms with Gasteiger partial charge >= 0.3 is 5.65 Å². The Morgan fingerprint density at radius 2 is 1.83 bits per heavy atom. The molecule has 5 aromatic rings. The quantitative estimate of drug-likeness (QED) is 0.232. The van der Waals surface area contributed by atoms with E-state index in [0.717, 1.165) is 46.6 Å². The first-order valence-corrected chi connectivity index (χ1v) is 14.0. The Kier molecular flexibility index (Phi) is 7.05. The van der Waals surface area contributed by atoms with Gasteiger partial charge in [0.1, 0.15) is 11.3 Å². The molecule has 1 saturated heterocycles. The number of pyridine rings is 1. The minimum Gasteiger partial charge on any atom is -0.353 e. The van der Waals surface area contributed by atoms with Crippen LogP contribution in [0.25, 0.3) is 28.0 Å². The second kappa shape index (κ2) is 11.0. The third kappa shape index (κ3) is 4.65. The van der Waals surface area contributed by atoms with Gasteiger partial charge in [-0.25, -0.2) is 9.55 Å². The molecule has 0 saturated carbocycles. The van der Waals surface area contributed by atoms with Gasteiger partial charge < -0.3 is 15.2 Å². The molecule has 1 aliphatic rings. The summed E-state index contributed by atoms with van der Waals surface area (Å²) >= 11 is 0. The Labute approximate surface area is 238 Å². The predicted molar refractivity (Wildman–Crippen MR) is 156 cm³/mol. The number of fused-ring (bicyclic) bond motifs is 1. The first-order chi connectivity index (χ1) is 20.0. The van der Waals surface area contributed by atoms with Gasteiger partial charge in [0, 0.05) is 62.2 Å². The SMILES string of the molecule is CCC(=O)c1c(NC)n2ncc(-c3ccc(-c4ccccc4)nc3)c2[n+](C)c1C1CCN(C(=O)c2ncc[nH]2)CC1. The lowest BCUT2D eigenvalue weighted by Crippen LogP contribution is -2.45. The van der Waals surface area contributed by atoms with E-state index < -0.39 is 0 Å². The molecule has 5 heterocycles. The minimum absolute atomic E-state index is 0.0573. The van der Waals surface area contributed by atoms with Crippen molar-refractivity contribution in [3.63, 3.8) is 0 Å². The number of benzene rings is 1. The van der Waals surface area contributed by atoms with E-state index in [2.05, 4.69) is 25.9 Å². The fourth-order valence-electron chi connectivity index (χ4n) is 5.92. The maximum absolute atomic E-state index is 13.4.